The van der Waals surface area contributed by atoms with Crippen LogP contribution in [0, 0.1) is 0 Å². The van der Waals surface area contributed by atoms with Crippen LogP contribution in [-0.2, 0) is 0 Å². The molecule has 0 heteroatoms. The zero-order valence-corrected chi connectivity index (χ0v) is 14.0. The molecule has 0 saturated carbocycles. The molecule has 0 aromatic heterocycles. The van der Waals surface area contributed by atoms with Gasteiger partial charge in [-0.1, -0.05) is 96.1 Å². The lowest BCUT2D eigenvalue weighted by atomic mass is 10.0. The third kappa shape index (κ3) is 15.7. The van der Waals surface area contributed by atoms with Gasteiger partial charge in [-0.25, -0.2) is 0 Å². The van der Waals surface area contributed by atoms with Gasteiger partial charge in [-0.05, 0) is 26.2 Å². The van der Waals surface area contributed by atoms with E-state index < -0.39 is 0 Å². The molecule has 19 heavy (non-hydrogen) atoms. The van der Waals surface area contributed by atoms with Crippen LogP contribution in [0.5, 0.6) is 0 Å². The van der Waals surface area contributed by atoms with Gasteiger partial charge >= 0.3 is 0 Å². The van der Waals surface area contributed by atoms with Crippen molar-refractivity contribution in [2.75, 3.05) is 0 Å². The van der Waals surface area contributed by atoms with Crippen molar-refractivity contribution in [3.8, 4) is 0 Å². The fourth-order valence-corrected chi connectivity index (χ4v) is 2.65. The topological polar surface area (TPSA) is 0 Å². The second kappa shape index (κ2) is 15.8. The summed E-state index contributed by atoms with van der Waals surface area (Å²) in [6.07, 6.45) is 22.2. The Labute approximate surface area is 123 Å². The first-order chi connectivity index (χ1) is 9.31. The van der Waals surface area contributed by atoms with Crippen LogP contribution in [0.1, 0.15) is 111 Å². The average Bonchev–Trinajstić information content (AvgIpc) is 2.40. The predicted octanol–water partition coefficient (Wildman–Crippen LogP) is 7.43. The van der Waals surface area contributed by atoms with Gasteiger partial charge in [0, 0.05) is 0 Å². The molecule has 0 amide bonds. The van der Waals surface area contributed by atoms with Gasteiger partial charge in [-0.2, -0.15) is 0 Å². The summed E-state index contributed by atoms with van der Waals surface area (Å²) in [5.41, 5.74) is 1.59. The molecule has 0 radical (unpaired) electrons. The minimum absolute atomic E-state index is 1.29. The summed E-state index contributed by atoms with van der Waals surface area (Å²) in [6.45, 7) is 6.83. The van der Waals surface area contributed by atoms with E-state index >= 15 is 0 Å². The highest BCUT2D eigenvalue weighted by molar-refractivity contribution is 4.97. The first-order valence-corrected chi connectivity index (χ1v) is 8.96. The maximum absolute atomic E-state index is 2.46. The molecule has 0 aromatic rings. The smallest absolute Gasteiger partial charge is 0.0326 e. The Kier molecular flexibility index (Phi) is 15.6. The summed E-state index contributed by atoms with van der Waals surface area (Å²) in [5.74, 6) is 0. The SMILES string of the molecule is CCCCCCCCCCCCCC=C(C)CCC. The lowest BCUT2D eigenvalue weighted by Gasteiger charge is -2.02. The molecule has 0 spiro atoms. The quantitative estimate of drug-likeness (QED) is 0.226. The van der Waals surface area contributed by atoms with E-state index in [4.69, 9.17) is 0 Å². The highest BCUT2D eigenvalue weighted by atomic mass is 14.0. The van der Waals surface area contributed by atoms with Crippen LogP contribution in [0.3, 0.4) is 0 Å². The second-order valence-electron chi connectivity index (χ2n) is 6.12. The summed E-state index contributed by atoms with van der Waals surface area (Å²) in [4.78, 5) is 0. The molecule has 114 valence electrons. The van der Waals surface area contributed by atoms with E-state index in [0.29, 0.717) is 0 Å². The molecular weight excluding hydrogens is 228 g/mol. The van der Waals surface area contributed by atoms with Crippen LogP contribution < -0.4 is 0 Å². The molecular formula is C19H38. The molecule has 0 aliphatic rings. The van der Waals surface area contributed by atoms with E-state index in [1.165, 1.54) is 89.9 Å². The Balaban J connectivity index is 3.08. The van der Waals surface area contributed by atoms with E-state index in [1.807, 2.05) is 0 Å². The monoisotopic (exact) mass is 266 g/mol. The summed E-state index contributed by atoms with van der Waals surface area (Å²) < 4.78 is 0. The van der Waals surface area contributed by atoms with Crippen LogP contribution in [0.4, 0.5) is 0 Å². The molecule has 0 nitrogen and oxygen atoms in total. The second-order valence-corrected chi connectivity index (χ2v) is 6.12. The summed E-state index contributed by atoms with van der Waals surface area (Å²) in [5, 5.41) is 0. The predicted molar refractivity (Wildman–Crippen MR) is 89.7 cm³/mol. The number of hydrogen-bond acceptors (Lipinski definition) is 0. The van der Waals surface area contributed by atoms with Crippen molar-refractivity contribution >= 4 is 0 Å². The average molecular weight is 267 g/mol. The van der Waals surface area contributed by atoms with Gasteiger partial charge in [-0.15, -0.1) is 0 Å². The van der Waals surface area contributed by atoms with Crippen molar-refractivity contribution in [1.82, 2.24) is 0 Å². The van der Waals surface area contributed by atoms with Gasteiger partial charge in [-0.3, -0.25) is 0 Å². The summed E-state index contributed by atoms with van der Waals surface area (Å²) in [7, 11) is 0. The van der Waals surface area contributed by atoms with E-state index in [-0.39, 0.29) is 0 Å². The zero-order valence-electron chi connectivity index (χ0n) is 14.0. The molecule has 0 N–H and O–H groups in total. The van der Waals surface area contributed by atoms with Crippen LogP contribution in [0.15, 0.2) is 11.6 Å². The lowest BCUT2D eigenvalue weighted by molar-refractivity contribution is 0.550. The molecule has 0 heterocycles. The molecule has 0 rings (SSSR count). The Morgan fingerprint density at radius 1 is 0.632 bits per heavy atom. The third-order valence-corrected chi connectivity index (χ3v) is 3.94. The first-order valence-electron chi connectivity index (χ1n) is 8.96. The Hall–Kier alpha value is -0.260. The molecule has 0 fully saturated rings. The largest absolute Gasteiger partial charge is 0.0856 e. The van der Waals surface area contributed by atoms with Crippen molar-refractivity contribution in [2.45, 2.75) is 111 Å². The van der Waals surface area contributed by atoms with Gasteiger partial charge in [0.15, 0.2) is 0 Å². The van der Waals surface area contributed by atoms with Crippen molar-refractivity contribution < 1.29 is 0 Å². The van der Waals surface area contributed by atoms with E-state index in [0.717, 1.165) is 0 Å². The summed E-state index contributed by atoms with van der Waals surface area (Å²) in [6, 6.07) is 0. The van der Waals surface area contributed by atoms with Gasteiger partial charge in [0.25, 0.3) is 0 Å². The van der Waals surface area contributed by atoms with Gasteiger partial charge in [0.05, 0.1) is 0 Å². The fraction of sp³-hybridized carbons (Fsp3) is 0.895. The first kappa shape index (κ1) is 18.7. The van der Waals surface area contributed by atoms with E-state index in [9.17, 15) is 0 Å². The standard InChI is InChI=1S/C19H38/c1-4-6-7-8-9-10-11-12-13-14-15-16-18-19(3)17-5-2/h18H,4-17H2,1-3H3. The van der Waals surface area contributed by atoms with Gasteiger partial charge < -0.3 is 0 Å². The van der Waals surface area contributed by atoms with Crippen molar-refractivity contribution in [3.63, 3.8) is 0 Å². The minimum Gasteiger partial charge on any atom is -0.0856 e. The van der Waals surface area contributed by atoms with Crippen LogP contribution in [0.25, 0.3) is 0 Å². The van der Waals surface area contributed by atoms with Gasteiger partial charge in [0.2, 0.25) is 0 Å². The Morgan fingerprint density at radius 2 is 1.11 bits per heavy atom. The van der Waals surface area contributed by atoms with Crippen molar-refractivity contribution in [1.29, 1.82) is 0 Å². The Bertz CT molecular complexity index is 190. The van der Waals surface area contributed by atoms with E-state index in [1.54, 1.807) is 5.57 Å². The number of unbranched alkanes of at least 4 members (excludes halogenated alkanes) is 11. The number of rotatable bonds is 14. The highest BCUT2D eigenvalue weighted by Gasteiger charge is 1.93. The van der Waals surface area contributed by atoms with Crippen LogP contribution in [0.2, 0.25) is 0 Å². The normalized spacial score (nSPS) is 12.1. The Morgan fingerprint density at radius 3 is 1.58 bits per heavy atom. The van der Waals surface area contributed by atoms with Gasteiger partial charge in [0.1, 0.15) is 0 Å². The molecule has 0 aliphatic carbocycles. The van der Waals surface area contributed by atoms with Crippen molar-refractivity contribution in [2.24, 2.45) is 0 Å². The zero-order chi connectivity index (χ0) is 14.2. The molecule has 0 aromatic carbocycles. The molecule has 0 unspecified atom stereocenters. The number of hydrogen-bond donors (Lipinski definition) is 0. The maximum atomic E-state index is 2.46. The van der Waals surface area contributed by atoms with Crippen LogP contribution in [-0.4, -0.2) is 0 Å². The maximum Gasteiger partial charge on any atom is -0.0326 e. The summed E-state index contributed by atoms with van der Waals surface area (Å²) >= 11 is 0. The highest BCUT2D eigenvalue weighted by Crippen LogP contribution is 2.13. The molecule has 0 saturated heterocycles. The third-order valence-electron chi connectivity index (χ3n) is 3.94. The molecule has 0 bridgehead atoms. The van der Waals surface area contributed by atoms with Crippen LogP contribution >= 0.6 is 0 Å². The lowest BCUT2D eigenvalue weighted by Crippen LogP contribution is -1.82. The molecule has 0 aliphatic heterocycles. The van der Waals surface area contributed by atoms with Crippen molar-refractivity contribution in [3.05, 3.63) is 11.6 Å². The molecule has 0 atom stereocenters. The van der Waals surface area contributed by atoms with E-state index in [2.05, 4.69) is 26.8 Å². The fourth-order valence-electron chi connectivity index (χ4n) is 2.65. The number of allylic oxidation sites excluding steroid dienone is 2. The minimum atomic E-state index is 1.29.